The first-order valence-corrected chi connectivity index (χ1v) is 6.26. The van der Waals surface area contributed by atoms with Crippen LogP contribution < -0.4 is 0 Å². The van der Waals surface area contributed by atoms with Gasteiger partial charge in [-0.25, -0.2) is 0 Å². The van der Waals surface area contributed by atoms with Crippen molar-refractivity contribution in [1.29, 1.82) is 0 Å². The molecule has 0 unspecified atom stereocenters. The lowest BCUT2D eigenvalue weighted by Crippen LogP contribution is -2.07. The van der Waals surface area contributed by atoms with Crippen molar-refractivity contribution in [1.82, 2.24) is 0 Å². The molecular weight excluding hydrogens is 159 g/mol. The van der Waals surface area contributed by atoms with Gasteiger partial charge in [0.25, 0.3) is 0 Å². The summed E-state index contributed by atoms with van der Waals surface area (Å²) in [6.45, 7) is 9.31. The van der Waals surface area contributed by atoms with Gasteiger partial charge in [-0.15, -0.1) is 7.92 Å². The maximum atomic E-state index is 4.27. The molecule has 0 spiro atoms. The Morgan fingerprint density at radius 1 is 1.10 bits per heavy atom. The molecule has 0 saturated carbocycles. The van der Waals surface area contributed by atoms with Crippen LogP contribution in [0.3, 0.4) is 0 Å². The second kappa shape index (κ2) is 5.43. The SMILES string of the molecule is CC(C)P(CCS)C(C)C. The van der Waals surface area contributed by atoms with Gasteiger partial charge in [-0.05, 0) is 23.2 Å². The zero-order valence-electron chi connectivity index (χ0n) is 7.46. The third-order valence-corrected chi connectivity index (χ3v) is 5.65. The van der Waals surface area contributed by atoms with Gasteiger partial charge >= 0.3 is 0 Å². The first-order chi connectivity index (χ1) is 4.59. The molecule has 0 amide bonds. The predicted octanol–water partition coefficient (Wildman–Crippen LogP) is 3.21. The topological polar surface area (TPSA) is 0 Å². The highest BCUT2D eigenvalue weighted by atomic mass is 32.1. The number of hydrogen-bond acceptors (Lipinski definition) is 1. The average molecular weight is 178 g/mol. The third-order valence-electron chi connectivity index (χ3n) is 1.68. The highest BCUT2D eigenvalue weighted by Crippen LogP contribution is 2.45. The van der Waals surface area contributed by atoms with E-state index in [1.54, 1.807) is 0 Å². The average Bonchev–Trinajstić information content (AvgIpc) is 1.81. The molecule has 0 atom stereocenters. The molecule has 62 valence electrons. The van der Waals surface area contributed by atoms with Gasteiger partial charge in [0.2, 0.25) is 0 Å². The zero-order chi connectivity index (χ0) is 8.15. The highest BCUT2D eigenvalue weighted by Gasteiger charge is 2.14. The van der Waals surface area contributed by atoms with Gasteiger partial charge in [0.1, 0.15) is 0 Å². The lowest BCUT2D eigenvalue weighted by atomic mass is 10.5. The highest BCUT2D eigenvalue weighted by molar-refractivity contribution is 7.80. The minimum absolute atomic E-state index is 0.245. The third kappa shape index (κ3) is 3.83. The minimum atomic E-state index is 0.245. The standard InChI is InChI=1S/C8H19PS/c1-7(2)9(5-6-10)8(3)4/h7-8,10H,5-6H2,1-4H3. The second-order valence-corrected chi connectivity index (χ2v) is 7.14. The van der Waals surface area contributed by atoms with Gasteiger partial charge in [0.15, 0.2) is 0 Å². The molecule has 0 heterocycles. The normalized spacial score (nSPS) is 12.0. The first-order valence-electron chi connectivity index (χ1n) is 3.96. The summed E-state index contributed by atoms with van der Waals surface area (Å²) in [5.74, 6) is 1.06. The van der Waals surface area contributed by atoms with Crippen LogP contribution in [-0.2, 0) is 0 Å². The summed E-state index contributed by atoms with van der Waals surface area (Å²) in [5, 5.41) is 0. The molecule has 0 aromatic heterocycles. The number of hydrogen-bond donors (Lipinski definition) is 1. The summed E-state index contributed by atoms with van der Waals surface area (Å²) in [7, 11) is 0.245. The van der Waals surface area contributed by atoms with Crippen LogP contribution in [0.1, 0.15) is 27.7 Å². The fourth-order valence-electron chi connectivity index (χ4n) is 1.23. The summed E-state index contributed by atoms with van der Waals surface area (Å²) in [5.41, 5.74) is 1.75. The Labute approximate surface area is 71.9 Å². The van der Waals surface area contributed by atoms with Crippen molar-refractivity contribution in [3.63, 3.8) is 0 Å². The Morgan fingerprint density at radius 2 is 1.50 bits per heavy atom. The van der Waals surface area contributed by atoms with Gasteiger partial charge in [-0.2, -0.15) is 12.6 Å². The Balaban J connectivity index is 3.73. The number of rotatable bonds is 4. The summed E-state index contributed by atoms with van der Waals surface area (Å²) in [6, 6.07) is 0. The minimum Gasteiger partial charge on any atom is -0.179 e. The van der Waals surface area contributed by atoms with E-state index in [9.17, 15) is 0 Å². The van der Waals surface area contributed by atoms with E-state index in [0.29, 0.717) is 0 Å². The lowest BCUT2D eigenvalue weighted by molar-refractivity contribution is 1.00. The fraction of sp³-hybridized carbons (Fsp3) is 1.00. The van der Waals surface area contributed by atoms with Gasteiger partial charge in [-0.3, -0.25) is 0 Å². The van der Waals surface area contributed by atoms with Crippen molar-refractivity contribution in [3.8, 4) is 0 Å². The quantitative estimate of drug-likeness (QED) is 0.496. The van der Waals surface area contributed by atoms with Crippen LogP contribution in [0.2, 0.25) is 0 Å². The van der Waals surface area contributed by atoms with Crippen LogP contribution in [0.15, 0.2) is 0 Å². The van der Waals surface area contributed by atoms with Gasteiger partial charge in [-0.1, -0.05) is 27.7 Å². The zero-order valence-corrected chi connectivity index (χ0v) is 9.25. The van der Waals surface area contributed by atoms with Crippen molar-refractivity contribution in [2.24, 2.45) is 0 Å². The Bertz CT molecular complexity index is 73.3. The molecule has 0 saturated heterocycles. The smallest absolute Gasteiger partial charge is 0.00583 e. The summed E-state index contributed by atoms with van der Waals surface area (Å²) < 4.78 is 0. The lowest BCUT2D eigenvalue weighted by Gasteiger charge is -2.24. The van der Waals surface area contributed by atoms with Crippen LogP contribution >= 0.6 is 20.6 Å². The molecule has 0 bridgehead atoms. The largest absolute Gasteiger partial charge is 0.179 e. The molecule has 0 rings (SSSR count). The second-order valence-electron chi connectivity index (χ2n) is 3.15. The molecule has 0 aliphatic rings. The maximum absolute atomic E-state index is 4.27. The van der Waals surface area contributed by atoms with Crippen molar-refractivity contribution >= 4 is 20.6 Å². The molecule has 0 nitrogen and oxygen atoms in total. The molecule has 0 radical (unpaired) electrons. The molecule has 2 heteroatoms. The van der Waals surface area contributed by atoms with Crippen LogP contribution in [0.5, 0.6) is 0 Å². The van der Waals surface area contributed by atoms with Crippen LogP contribution in [0.25, 0.3) is 0 Å². The Morgan fingerprint density at radius 3 is 1.60 bits per heavy atom. The molecule has 0 aliphatic heterocycles. The van der Waals surface area contributed by atoms with Crippen LogP contribution in [-0.4, -0.2) is 23.2 Å². The van der Waals surface area contributed by atoms with E-state index < -0.39 is 0 Å². The summed E-state index contributed by atoms with van der Waals surface area (Å²) >= 11 is 4.27. The molecule has 0 fully saturated rings. The van der Waals surface area contributed by atoms with Gasteiger partial charge in [0, 0.05) is 0 Å². The Hall–Kier alpha value is 0.780. The van der Waals surface area contributed by atoms with E-state index in [1.165, 1.54) is 6.16 Å². The Kier molecular flexibility index (Phi) is 5.86. The number of thiol groups is 1. The van der Waals surface area contributed by atoms with Crippen LogP contribution in [0.4, 0.5) is 0 Å². The van der Waals surface area contributed by atoms with Crippen molar-refractivity contribution in [2.45, 2.75) is 39.0 Å². The van der Waals surface area contributed by atoms with Crippen molar-refractivity contribution in [3.05, 3.63) is 0 Å². The molecular formula is C8H19PS. The summed E-state index contributed by atoms with van der Waals surface area (Å²) in [4.78, 5) is 0. The van der Waals surface area contributed by atoms with E-state index in [2.05, 4.69) is 40.3 Å². The molecule has 0 aromatic carbocycles. The van der Waals surface area contributed by atoms with Crippen molar-refractivity contribution in [2.75, 3.05) is 11.9 Å². The van der Waals surface area contributed by atoms with Crippen molar-refractivity contribution < 1.29 is 0 Å². The molecule has 10 heavy (non-hydrogen) atoms. The van der Waals surface area contributed by atoms with Gasteiger partial charge < -0.3 is 0 Å². The monoisotopic (exact) mass is 178 g/mol. The van der Waals surface area contributed by atoms with E-state index in [0.717, 1.165) is 17.1 Å². The molecule has 0 N–H and O–H groups in total. The summed E-state index contributed by atoms with van der Waals surface area (Å²) in [6.07, 6.45) is 1.33. The van der Waals surface area contributed by atoms with E-state index in [1.807, 2.05) is 0 Å². The first kappa shape index (κ1) is 10.8. The van der Waals surface area contributed by atoms with E-state index in [-0.39, 0.29) is 7.92 Å². The van der Waals surface area contributed by atoms with Crippen LogP contribution in [0, 0.1) is 0 Å². The maximum Gasteiger partial charge on any atom is -0.00583 e. The van der Waals surface area contributed by atoms with E-state index >= 15 is 0 Å². The van der Waals surface area contributed by atoms with Gasteiger partial charge in [0.05, 0.1) is 0 Å². The predicted molar refractivity (Wildman–Crippen MR) is 55.9 cm³/mol. The molecule has 0 aliphatic carbocycles. The fourth-order valence-corrected chi connectivity index (χ4v) is 4.38. The van der Waals surface area contributed by atoms with E-state index in [4.69, 9.17) is 0 Å². The molecule has 0 aromatic rings.